The normalized spacial score (nSPS) is 10.9. The summed E-state index contributed by atoms with van der Waals surface area (Å²) in [6.45, 7) is 1.86. The van der Waals surface area contributed by atoms with E-state index in [9.17, 15) is 13.7 Å². The van der Waals surface area contributed by atoms with E-state index in [1.807, 2.05) is 13.0 Å². The van der Waals surface area contributed by atoms with Gasteiger partial charge in [0.15, 0.2) is 16.4 Å². The van der Waals surface area contributed by atoms with Crippen LogP contribution in [-0.4, -0.2) is 29.7 Å². The number of sulfone groups is 1. The highest BCUT2D eigenvalue weighted by atomic mass is 32.2. The summed E-state index contributed by atoms with van der Waals surface area (Å²) in [5.74, 6) is 0.757. The molecule has 2 aromatic carbocycles. The number of hydrogen-bond donors (Lipinski definition) is 1. The number of aromatic nitrogens is 1. The second-order valence-corrected chi connectivity index (χ2v) is 8.52. The van der Waals surface area contributed by atoms with E-state index in [1.54, 1.807) is 24.3 Å². The van der Waals surface area contributed by atoms with Gasteiger partial charge in [0.25, 0.3) is 5.82 Å². The maximum atomic E-state index is 13.6. The Labute approximate surface area is 180 Å². The number of hydrogen-bond acceptors (Lipinski definition) is 7. The van der Waals surface area contributed by atoms with Crippen molar-refractivity contribution in [2.45, 2.75) is 16.7 Å². The first-order chi connectivity index (χ1) is 14.8. The Morgan fingerprint density at radius 1 is 0.968 bits per heavy atom. The van der Waals surface area contributed by atoms with Crippen molar-refractivity contribution in [3.63, 3.8) is 0 Å². The van der Waals surface area contributed by atoms with Gasteiger partial charge < -0.3 is 14.2 Å². The number of nitrogens with zero attached hydrogens (tertiary/aromatic N) is 1. The molecule has 31 heavy (non-hydrogen) atoms. The van der Waals surface area contributed by atoms with E-state index in [0.717, 1.165) is 5.56 Å². The summed E-state index contributed by atoms with van der Waals surface area (Å²) in [5, 5.41) is 9.76. The average Bonchev–Trinajstić information content (AvgIpc) is 2.77. The molecule has 1 heterocycles. The monoisotopic (exact) mass is 440 g/mol. The number of ether oxygens (including phenoxy) is 3. The molecule has 0 saturated heterocycles. The van der Waals surface area contributed by atoms with Crippen molar-refractivity contribution in [2.75, 3.05) is 27.1 Å². The molecule has 0 fully saturated rings. The zero-order valence-corrected chi connectivity index (χ0v) is 18.3. The first kappa shape index (κ1) is 21.9. The van der Waals surface area contributed by atoms with Crippen LogP contribution < -0.4 is 24.9 Å². The minimum atomic E-state index is -4.09. The number of H-pyrrole nitrogens is 1. The van der Waals surface area contributed by atoms with Crippen molar-refractivity contribution in [3.8, 4) is 34.4 Å². The molecule has 0 bridgehead atoms. The number of methoxy groups -OCH3 is 3. The molecule has 0 atom stereocenters. The van der Waals surface area contributed by atoms with Crippen LogP contribution in [-0.2, 0) is 9.84 Å². The number of anilines is 1. The third-order valence-corrected chi connectivity index (χ3v) is 6.66. The number of pyridine rings is 1. The molecule has 3 rings (SSSR count). The minimum Gasteiger partial charge on any atom is -0.493 e. The van der Waals surface area contributed by atoms with Gasteiger partial charge in [-0.2, -0.15) is 5.26 Å². The van der Waals surface area contributed by atoms with Gasteiger partial charge in [0.1, 0.15) is 17.8 Å². The maximum absolute atomic E-state index is 13.6. The van der Waals surface area contributed by atoms with Gasteiger partial charge >= 0.3 is 0 Å². The topological polar surface area (TPSA) is 126 Å². The number of nitrogen functional groups attached to an aromatic ring is 1. The van der Waals surface area contributed by atoms with Crippen LogP contribution in [0.1, 0.15) is 11.1 Å². The number of aromatic amines is 1. The Morgan fingerprint density at radius 3 is 2.16 bits per heavy atom. The molecular weight excluding hydrogens is 418 g/mol. The van der Waals surface area contributed by atoms with Crippen LogP contribution in [0.2, 0.25) is 0 Å². The Morgan fingerprint density at radius 2 is 1.61 bits per heavy atom. The standard InChI is InChI=1S/C22H21N3O5S/c1-13-5-7-15(8-6-13)31(26,27)21-18(14(11-23)12-25-22(21)24)16-9-10-17(28-2)20(30-4)19(16)29-3/h5-10,12H,1-4H3,(H2,24,25)/p+1. The van der Waals surface area contributed by atoms with Crippen LogP contribution in [0, 0.1) is 18.3 Å². The quantitative estimate of drug-likeness (QED) is 0.624. The van der Waals surface area contributed by atoms with Crippen LogP contribution in [0.25, 0.3) is 11.1 Å². The van der Waals surface area contributed by atoms with Gasteiger partial charge in [-0.05, 0) is 31.2 Å². The summed E-state index contributed by atoms with van der Waals surface area (Å²) in [6.07, 6.45) is 1.36. The number of nitriles is 1. The van der Waals surface area contributed by atoms with Gasteiger partial charge in [0, 0.05) is 11.1 Å². The third kappa shape index (κ3) is 3.73. The first-order valence-electron chi connectivity index (χ1n) is 9.15. The fourth-order valence-corrected chi connectivity index (χ4v) is 4.88. The van der Waals surface area contributed by atoms with Crippen molar-refractivity contribution in [3.05, 3.63) is 53.7 Å². The largest absolute Gasteiger partial charge is 0.493 e. The second kappa shape index (κ2) is 8.53. The minimum absolute atomic E-state index is 0.0500. The van der Waals surface area contributed by atoms with Crippen LogP contribution >= 0.6 is 0 Å². The molecule has 9 heteroatoms. The van der Waals surface area contributed by atoms with Crippen LogP contribution in [0.5, 0.6) is 17.2 Å². The molecule has 0 unspecified atom stereocenters. The van der Waals surface area contributed by atoms with Crippen molar-refractivity contribution in [2.24, 2.45) is 0 Å². The number of benzene rings is 2. The smallest absolute Gasteiger partial charge is 0.290 e. The van der Waals surface area contributed by atoms with Gasteiger partial charge in [-0.3, -0.25) is 5.73 Å². The van der Waals surface area contributed by atoms with Crippen LogP contribution in [0.15, 0.2) is 52.4 Å². The van der Waals surface area contributed by atoms with E-state index >= 15 is 0 Å². The maximum Gasteiger partial charge on any atom is 0.290 e. The lowest BCUT2D eigenvalue weighted by Gasteiger charge is -2.18. The summed E-state index contributed by atoms with van der Waals surface area (Å²) < 4.78 is 43.5. The molecule has 0 aliphatic heterocycles. The highest BCUT2D eigenvalue weighted by Gasteiger charge is 2.33. The van der Waals surface area contributed by atoms with Crippen molar-refractivity contribution in [1.82, 2.24) is 0 Å². The Bertz CT molecular complexity index is 1280. The summed E-state index contributed by atoms with van der Waals surface area (Å²) in [5.41, 5.74) is 7.53. The van der Waals surface area contributed by atoms with Gasteiger partial charge in [-0.1, -0.05) is 17.7 Å². The van der Waals surface area contributed by atoms with Gasteiger partial charge in [-0.25, -0.2) is 13.4 Å². The predicted molar refractivity (Wildman–Crippen MR) is 114 cm³/mol. The van der Waals surface area contributed by atoms with Gasteiger partial charge in [0.05, 0.1) is 26.2 Å². The molecule has 3 N–H and O–H groups in total. The van der Waals surface area contributed by atoms with E-state index in [2.05, 4.69) is 4.98 Å². The van der Waals surface area contributed by atoms with Gasteiger partial charge in [0.2, 0.25) is 15.6 Å². The highest BCUT2D eigenvalue weighted by molar-refractivity contribution is 7.91. The molecule has 0 aliphatic carbocycles. The van der Waals surface area contributed by atoms with E-state index in [0.29, 0.717) is 11.3 Å². The lowest BCUT2D eigenvalue weighted by atomic mass is 10.00. The first-order valence-corrected chi connectivity index (χ1v) is 10.6. The highest BCUT2D eigenvalue weighted by Crippen LogP contribution is 2.47. The summed E-state index contributed by atoms with van der Waals surface area (Å²) >= 11 is 0. The van der Waals surface area contributed by atoms with Crippen molar-refractivity contribution >= 4 is 15.7 Å². The molecule has 3 aromatic rings. The molecule has 0 aliphatic rings. The van der Waals surface area contributed by atoms with E-state index in [1.165, 1.54) is 39.7 Å². The van der Waals surface area contributed by atoms with Crippen molar-refractivity contribution in [1.29, 1.82) is 5.26 Å². The Kier molecular flexibility index (Phi) is 6.04. The SMILES string of the molecule is COc1ccc(-c2c(C#N)c[nH+]c(N)c2S(=O)(=O)c2ccc(C)cc2)c(OC)c1OC. The molecule has 0 saturated carbocycles. The number of nitrogens with two attached hydrogens (primary N) is 1. The van der Waals surface area contributed by atoms with E-state index in [4.69, 9.17) is 19.9 Å². The van der Waals surface area contributed by atoms with Crippen LogP contribution in [0.3, 0.4) is 0 Å². The number of nitrogens with one attached hydrogen (secondary N) is 1. The Balaban J connectivity index is 2.45. The summed E-state index contributed by atoms with van der Waals surface area (Å²) in [4.78, 5) is 2.51. The molecule has 8 nitrogen and oxygen atoms in total. The molecule has 0 spiro atoms. The fraction of sp³-hybridized carbons (Fsp3) is 0.182. The van der Waals surface area contributed by atoms with E-state index in [-0.39, 0.29) is 38.2 Å². The van der Waals surface area contributed by atoms with Crippen LogP contribution in [0.4, 0.5) is 5.82 Å². The molecule has 160 valence electrons. The number of aryl methyl sites for hydroxylation is 1. The lowest BCUT2D eigenvalue weighted by Crippen LogP contribution is -2.19. The average molecular weight is 441 g/mol. The van der Waals surface area contributed by atoms with Gasteiger partial charge in [-0.15, -0.1) is 0 Å². The molecule has 1 aromatic heterocycles. The summed E-state index contributed by atoms with van der Waals surface area (Å²) in [7, 11) is 0.233. The molecular formula is C22H22N3O5S+. The number of rotatable bonds is 6. The third-order valence-electron chi connectivity index (χ3n) is 4.81. The van der Waals surface area contributed by atoms with E-state index < -0.39 is 9.84 Å². The fourth-order valence-electron chi connectivity index (χ4n) is 3.31. The second-order valence-electron chi connectivity index (χ2n) is 6.63. The zero-order chi connectivity index (χ0) is 22.8. The lowest BCUT2D eigenvalue weighted by molar-refractivity contribution is -0.362. The molecule has 0 amide bonds. The molecule has 0 radical (unpaired) electrons. The summed E-state index contributed by atoms with van der Waals surface area (Å²) in [6, 6.07) is 11.6. The zero-order valence-electron chi connectivity index (χ0n) is 17.5. The predicted octanol–water partition coefficient (Wildman–Crippen LogP) is 2.79. The Hall–Kier alpha value is -3.77. The van der Waals surface area contributed by atoms with Crippen molar-refractivity contribution < 1.29 is 27.6 Å².